The Balaban J connectivity index is 2.76. The molecule has 1 aromatic rings. The lowest BCUT2D eigenvalue weighted by atomic mass is 10.0. The van der Waals surface area contributed by atoms with Crippen molar-refractivity contribution in [3.05, 3.63) is 29.8 Å². The highest BCUT2D eigenvalue weighted by atomic mass is 16.5. The van der Waals surface area contributed by atoms with Crippen LogP contribution in [0.5, 0.6) is 5.75 Å². The Hall–Kier alpha value is -1.06. The fraction of sp³-hybridized carbons (Fsp3) is 0.538. The van der Waals surface area contributed by atoms with Crippen LogP contribution >= 0.6 is 0 Å². The number of hydrogen-bond acceptors (Lipinski definition) is 3. The third-order valence-corrected chi connectivity index (χ3v) is 2.14. The number of rotatable bonds is 3. The van der Waals surface area contributed by atoms with E-state index >= 15 is 0 Å². The van der Waals surface area contributed by atoms with Gasteiger partial charge in [-0.25, -0.2) is 0 Å². The van der Waals surface area contributed by atoms with Gasteiger partial charge in [-0.05, 0) is 45.4 Å². The molecule has 0 aromatic heterocycles. The van der Waals surface area contributed by atoms with Crippen LogP contribution in [0.2, 0.25) is 0 Å². The van der Waals surface area contributed by atoms with Crippen molar-refractivity contribution in [2.24, 2.45) is 5.73 Å². The molecule has 0 saturated carbocycles. The molecule has 0 amide bonds. The molecule has 0 fully saturated rings. The zero-order chi connectivity index (χ0) is 12.3. The van der Waals surface area contributed by atoms with Gasteiger partial charge in [0, 0.05) is 6.04 Å². The average molecular weight is 223 g/mol. The van der Waals surface area contributed by atoms with Crippen LogP contribution in [-0.2, 0) is 0 Å². The summed E-state index contributed by atoms with van der Waals surface area (Å²) in [6, 6.07) is 7.12. The molecule has 0 aliphatic carbocycles. The molecule has 0 heterocycles. The second-order valence-electron chi connectivity index (χ2n) is 5.09. The zero-order valence-electron chi connectivity index (χ0n) is 10.4. The number of ether oxygens (including phenoxy) is 1. The van der Waals surface area contributed by atoms with Gasteiger partial charge in [-0.3, -0.25) is 0 Å². The highest BCUT2D eigenvalue weighted by molar-refractivity contribution is 5.29. The molecule has 0 aliphatic rings. The molecule has 90 valence electrons. The van der Waals surface area contributed by atoms with E-state index in [4.69, 9.17) is 10.5 Å². The van der Waals surface area contributed by atoms with Gasteiger partial charge in [-0.1, -0.05) is 12.1 Å². The molecule has 1 unspecified atom stereocenters. The molecule has 0 bridgehead atoms. The lowest BCUT2D eigenvalue weighted by Gasteiger charge is -2.22. The van der Waals surface area contributed by atoms with E-state index in [1.54, 1.807) is 6.92 Å². The van der Waals surface area contributed by atoms with E-state index in [2.05, 4.69) is 0 Å². The van der Waals surface area contributed by atoms with E-state index < -0.39 is 6.10 Å². The quantitative estimate of drug-likeness (QED) is 0.826. The van der Waals surface area contributed by atoms with Crippen molar-refractivity contribution >= 4 is 0 Å². The fourth-order valence-electron chi connectivity index (χ4n) is 1.39. The molecule has 0 aliphatic heterocycles. The smallest absolute Gasteiger partial charge is 0.120 e. The predicted molar refractivity (Wildman–Crippen MR) is 65.4 cm³/mol. The van der Waals surface area contributed by atoms with Crippen molar-refractivity contribution in [2.75, 3.05) is 0 Å². The molecule has 16 heavy (non-hydrogen) atoms. The Morgan fingerprint density at radius 3 is 2.06 bits per heavy atom. The van der Waals surface area contributed by atoms with Gasteiger partial charge in [0.15, 0.2) is 0 Å². The topological polar surface area (TPSA) is 55.5 Å². The van der Waals surface area contributed by atoms with Crippen LogP contribution in [0, 0.1) is 0 Å². The van der Waals surface area contributed by atoms with Gasteiger partial charge in [-0.2, -0.15) is 0 Å². The molecule has 3 N–H and O–H groups in total. The summed E-state index contributed by atoms with van der Waals surface area (Å²) < 4.78 is 5.68. The summed E-state index contributed by atoms with van der Waals surface area (Å²) in [5, 5.41) is 9.76. The molecule has 0 spiro atoms. The van der Waals surface area contributed by atoms with Gasteiger partial charge in [0.2, 0.25) is 0 Å². The highest BCUT2D eigenvalue weighted by Crippen LogP contribution is 2.22. The van der Waals surface area contributed by atoms with Crippen LogP contribution in [-0.4, -0.2) is 16.7 Å². The first-order valence-electron chi connectivity index (χ1n) is 5.52. The molecule has 3 heteroatoms. The van der Waals surface area contributed by atoms with Crippen molar-refractivity contribution < 1.29 is 9.84 Å². The molecule has 1 rings (SSSR count). The first-order chi connectivity index (χ1) is 7.29. The van der Waals surface area contributed by atoms with Crippen molar-refractivity contribution in [3.8, 4) is 5.75 Å². The maximum Gasteiger partial charge on any atom is 0.120 e. The van der Waals surface area contributed by atoms with Crippen LogP contribution in [0.1, 0.15) is 39.4 Å². The van der Waals surface area contributed by atoms with Crippen LogP contribution in [0.4, 0.5) is 0 Å². The summed E-state index contributed by atoms with van der Waals surface area (Å²) in [7, 11) is 0. The van der Waals surface area contributed by atoms with E-state index in [9.17, 15) is 5.11 Å². The average Bonchev–Trinajstić information content (AvgIpc) is 2.15. The van der Waals surface area contributed by atoms with Gasteiger partial charge in [-0.15, -0.1) is 0 Å². The van der Waals surface area contributed by atoms with Crippen molar-refractivity contribution in [1.29, 1.82) is 0 Å². The Morgan fingerprint density at radius 2 is 1.69 bits per heavy atom. The van der Waals surface area contributed by atoms with Gasteiger partial charge in [0.25, 0.3) is 0 Å². The SMILES string of the molecule is CC(N)[C@H](O)c1ccc(OC(C)(C)C)cc1. The van der Waals surface area contributed by atoms with Crippen molar-refractivity contribution in [1.82, 2.24) is 0 Å². The Morgan fingerprint density at radius 1 is 1.19 bits per heavy atom. The number of hydrogen-bond donors (Lipinski definition) is 2. The second kappa shape index (κ2) is 4.85. The highest BCUT2D eigenvalue weighted by Gasteiger charge is 2.14. The predicted octanol–water partition coefficient (Wildman–Crippen LogP) is 2.24. The van der Waals surface area contributed by atoms with Gasteiger partial charge in [0.1, 0.15) is 11.4 Å². The zero-order valence-corrected chi connectivity index (χ0v) is 10.4. The normalized spacial score (nSPS) is 15.6. The minimum Gasteiger partial charge on any atom is -0.488 e. The minimum absolute atomic E-state index is 0.207. The van der Waals surface area contributed by atoms with Crippen molar-refractivity contribution in [2.45, 2.75) is 45.4 Å². The molecular weight excluding hydrogens is 202 g/mol. The maximum atomic E-state index is 9.76. The monoisotopic (exact) mass is 223 g/mol. The Kier molecular flexibility index (Phi) is 3.94. The summed E-state index contributed by atoms with van der Waals surface area (Å²) >= 11 is 0. The molecule has 1 aromatic carbocycles. The molecular formula is C13H21NO2. The first-order valence-corrected chi connectivity index (χ1v) is 5.52. The first kappa shape index (κ1) is 13.0. The third kappa shape index (κ3) is 3.83. The summed E-state index contributed by atoms with van der Waals surface area (Å²) in [5.41, 5.74) is 6.24. The Bertz CT molecular complexity index is 325. The van der Waals surface area contributed by atoms with Gasteiger partial charge in [0.05, 0.1) is 6.10 Å². The van der Waals surface area contributed by atoms with Crippen molar-refractivity contribution in [3.63, 3.8) is 0 Å². The molecule has 0 saturated heterocycles. The lowest BCUT2D eigenvalue weighted by molar-refractivity contribution is 0.130. The summed E-state index contributed by atoms with van der Waals surface area (Å²) in [5.74, 6) is 0.799. The van der Waals surface area contributed by atoms with Gasteiger partial charge < -0.3 is 15.6 Å². The van der Waals surface area contributed by atoms with E-state index in [1.807, 2.05) is 45.0 Å². The maximum absolute atomic E-state index is 9.76. The number of benzene rings is 1. The van der Waals surface area contributed by atoms with Crippen LogP contribution in [0.25, 0.3) is 0 Å². The summed E-state index contributed by atoms with van der Waals surface area (Å²) in [6.07, 6.45) is -0.622. The number of aliphatic hydroxyl groups is 1. The second-order valence-corrected chi connectivity index (χ2v) is 5.09. The van der Waals surface area contributed by atoms with E-state index in [0.29, 0.717) is 0 Å². The summed E-state index contributed by atoms with van der Waals surface area (Å²) in [4.78, 5) is 0. The Labute approximate surface area is 97.2 Å². The molecule has 3 nitrogen and oxygen atoms in total. The number of aliphatic hydroxyl groups excluding tert-OH is 1. The number of nitrogens with two attached hydrogens (primary N) is 1. The van der Waals surface area contributed by atoms with E-state index in [-0.39, 0.29) is 11.6 Å². The van der Waals surface area contributed by atoms with Crippen LogP contribution in [0.3, 0.4) is 0 Å². The minimum atomic E-state index is -0.622. The lowest BCUT2D eigenvalue weighted by Crippen LogP contribution is -2.24. The largest absolute Gasteiger partial charge is 0.488 e. The fourth-order valence-corrected chi connectivity index (χ4v) is 1.39. The van der Waals surface area contributed by atoms with E-state index in [0.717, 1.165) is 11.3 Å². The van der Waals surface area contributed by atoms with Gasteiger partial charge >= 0.3 is 0 Å². The standard InChI is InChI=1S/C13H21NO2/c1-9(14)12(15)10-5-7-11(8-6-10)16-13(2,3)4/h5-9,12,15H,14H2,1-4H3/t9?,12-/m0/s1. The van der Waals surface area contributed by atoms with Crippen LogP contribution < -0.4 is 10.5 Å². The molecule has 0 radical (unpaired) electrons. The van der Waals surface area contributed by atoms with Crippen LogP contribution in [0.15, 0.2) is 24.3 Å². The molecule has 2 atom stereocenters. The van der Waals surface area contributed by atoms with E-state index in [1.165, 1.54) is 0 Å². The summed E-state index contributed by atoms with van der Waals surface area (Å²) in [6.45, 7) is 7.78. The third-order valence-electron chi connectivity index (χ3n) is 2.14.